The van der Waals surface area contributed by atoms with Gasteiger partial charge in [-0.3, -0.25) is 4.79 Å². The Morgan fingerprint density at radius 1 is 1.15 bits per heavy atom. The topological polar surface area (TPSA) is 41.6 Å². The minimum Gasteiger partial charge on any atom is -0.489 e. The molecular formula is C22H36N2O2. The Kier molecular flexibility index (Phi) is 7.10. The van der Waals surface area contributed by atoms with Crippen molar-refractivity contribution in [2.45, 2.75) is 72.4 Å². The Morgan fingerprint density at radius 2 is 1.73 bits per heavy atom. The van der Waals surface area contributed by atoms with Crippen molar-refractivity contribution in [2.75, 3.05) is 19.6 Å². The molecule has 1 aromatic rings. The standard InChI is InChI=1S/C22H36N2O2/c1-16(2)18-7-9-20(10-8-18)26-17(3)15-23-19-11-13-24(14-12-19)21(25)22(4,5)6/h7-10,16-17,19,23H,11-15H2,1-6H3. The number of carbonyl (C=O) groups excluding carboxylic acids is 1. The van der Waals surface area contributed by atoms with Crippen LogP contribution < -0.4 is 10.1 Å². The van der Waals surface area contributed by atoms with Gasteiger partial charge in [0, 0.05) is 31.1 Å². The van der Waals surface area contributed by atoms with E-state index in [9.17, 15) is 4.79 Å². The Balaban J connectivity index is 1.71. The van der Waals surface area contributed by atoms with Crippen molar-refractivity contribution in [3.8, 4) is 5.75 Å². The molecule has 4 heteroatoms. The van der Waals surface area contributed by atoms with E-state index in [-0.39, 0.29) is 17.4 Å². The predicted octanol–water partition coefficient (Wildman–Crippen LogP) is 4.20. The van der Waals surface area contributed by atoms with Crippen LogP contribution in [-0.4, -0.2) is 42.6 Å². The highest BCUT2D eigenvalue weighted by Gasteiger charge is 2.30. The molecule has 1 N–H and O–H groups in total. The van der Waals surface area contributed by atoms with E-state index >= 15 is 0 Å². The van der Waals surface area contributed by atoms with Crippen LogP contribution in [0.2, 0.25) is 0 Å². The summed E-state index contributed by atoms with van der Waals surface area (Å²) in [5.41, 5.74) is 1.05. The number of amides is 1. The fourth-order valence-electron chi connectivity index (χ4n) is 3.30. The third-order valence-corrected chi connectivity index (χ3v) is 5.00. The summed E-state index contributed by atoms with van der Waals surface area (Å²) >= 11 is 0. The van der Waals surface area contributed by atoms with Crippen molar-refractivity contribution in [1.82, 2.24) is 10.2 Å². The number of carbonyl (C=O) groups is 1. The zero-order valence-corrected chi connectivity index (χ0v) is 17.3. The Morgan fingerprint density at radius 3 is 2.23 bits per heavy atom. The second-order valence-corrected chi connectivity index (χ2v) is 8.88. The maximum Gasteiger partial charge on any atom is 0.227 e. The number of ether oxygens (including phenoxy) is 1. The molecule has 1 saturated heterocycles. The molecule has 0 radical (unpaired) electrons. The van der Waals surface area contributed by atoms with Gasteiger partial charge in [-0.1, -0.05) is 46.8 Å². The van der Waals surface area contributed by atoms with Gasteiger partial charge in [-0.25, -0.2) is 0 Å². The molecule has 0 aromatic heterocycles. The maximum absolute atomic E-state index is 12.3. The van der Waals surface area contributed by atoms with Crippen molar-refractivity contribution in [2.24, 2.45) is 5.41 Å². The van der Waals surface area contributed by atoms with Crippen molar-refractivity contribution < 1.29 is 9.53 Å². The SMILES string of the molecule is CC(CNC1CCN(C(=O)C(C)(C)C)CC1)Oc1ccc(C(C)C)cc1. The summed E-state index contributed by atoms with van der Waals surface area (Å²) in [4.78, 5) is 14.4. The van der Waals surface area contributed by atoms with Crippen molar-refractivity contribution in [3.05, 3.63) is 29.8 Å². The molecule has 1 amide bonds. The van der Waals surface area contributed by atoms with Gasteiger partial charge in [0.2, 0.25) is 5.91 Å². The lowest BCUT2D eigenvalue weighted by Crippen LogP contribution is -2.49. The number of nitrogens with one attached hydrogen (secondary N) is 1. The van der Waals surface area contributed by atoms with Gasteiger partial charge in [-0.05, 0) is 43.4 Å². The smallest absolute Gasteiger partial charge is 0.227 e. The number of benzene rings is 1. The Bertz CT molecular complexity index is 567. The fraction of sp³-hybridized carbons (Fsp3) is 0.682. The van der Waals surface area contributed by atoms with E-state index in [4.69, 9.17) is 4.74 Å². The molecule has 0 bridgehead atoms. The number of nitrogens with zero attached hydrogens (tertiary/aromatic N) is 1. The fourth-order valence-corrected chi connectivity index (χ4v) is 3.30. The first-order valence-electron chi connectivity index (χ1n) is 9.96. The van der Waals surface area contributed by atoms with E-state index in [0.717, 1.165) is 38.2 Å². The molecular weight excluding hydrogens is 324 g/mol. The molecule has 0 saturated carbocycles. The lowest BCUT2D eigenvalue weighted by Gasteiger charge is -2.36. The van der Waals surface area contributed by atoms with Crippen molar-refractivity contribution >= 4 is 5.91 Å². The number of hydrogen-bond acceptors (Lipinski definition) is 3. The molecule has 0 aliphatic carbocycles. The molecule has 1 aliphatic heterocycles. The number of hydrogen-bond donors (Lipinski definition) is 1. The van der Waals surface area contributed by atoms with E-state index in [0.29, 0.717) is 12.0 Å². The van der Waals surface area contributed by atoms with Gasteiger partial charge < -0.3 is 15.0 Å². The Hall–Kier alpha value is -1.55. The zero-order valence-electron chi connectivity index (χ0n) is 17.3. The van der Waals surface area contributed by atoms with Gasteiger partial charge in [-0.15, -0.1) is 0 Å². The van der Waals surface area contributed by atoms with E-state index in [1.807, 2.05) is 25.7 Å². The first-order chi connectivity index (χ1) is 12.2. The molecule has 26 heavy (non-hydrogen) atoms. The normalized spacial score (nSPS) is 17.4. The summed E-state index contributed by atoms with van der Waals surface area (Å²) in [6.45, 7) is 15.0. The lowest BCUT2D eigenvalue weighted by atomic mass is 9.93. The molecule has 1 heterocycles. The van der Waals surface area contributed by atoms with Crippen molar-refractivity contribution in [1.29, 1.82) is 0 Å². The third-order valence-electron chi connectivity index (χ3n) is 5.00. The van der Waals surface area contributed by atoms with Gasteiger partial charge in [0.15, 0.2) is 0 Å². The summed E-state index contributed by atoms with van der Waals surface area (Å²) in [7, 11) is 0. The molecule has 1 fully saturated rings. The minimum atomic E-state index is -0.284. The van der Waals surface area contributed by atoms with Gasteiger partial charge in [0.1, 0.15) is 11.9 Å². The van der Waals surface area contributed by atoms with Crippen LogP contribution in [0.25, 0.3) is 0 Å². The quantitative estimate of drug-likeness (QED) is 0.826. The molecule has 0 spiro atoms. The highest BCUT2D eigenvalue weighted by atomic mass is 16.5. The Labute approximate surface area is 159 Å². The minimum absolute atomic E-state index is 0.120. The molecule has 1 atom stereocenters. The number of likely N-dealkylation sites (tertiary alicyclic amines) is 1. The molecule has 146 valence electrons. The van der Waals surface area contributed by atoms with Crippen LogP contribution in [-0.2, 0) is 4.79 Å². The second kappa shape index (κ2) is 8.90. The van der Waals surface area contributed by atoms with E-state index in [1.165, 1.54) is 5.56 Å². The van der Waals surface area contributed by atoms with Gasteiger partial charge >= 0.3 is 0 Å². The molecule has 1 unspecified atom stereocenters. The third kappa shape index (κ3) is 6.01. The maximum atomic E-state index is 12.3. The molecule has 4 nitrogen and oxygen atoms in total. The van der Waals surface area contributed by atoms with Crippen LogP contribution in [0.15, 0.2) is 24.3 Å². The average Bonchev–Trinajstić information content (AvgIpc) is 2.59. The number of piperidine rings is 1. The summed E-state index contributed by atoms with van der Waals surface area (Å²) in [5, 5.41) is 3.61. The van der Waals surface area contributed by atoms with Gasteiger partial charge in [-0.2, -0.15) is 0 Å². The molecule has 2 rings (SSSR count). The highest BCUT2D eigenvalue weighted by Crippen LogP contribution is 2.21. The second-order valence-electron chi connectivity index (χ2n) is 8.88. The highest BCUT2D eigenvalue weighted by molar-refractivity contribution is 5.81. The van der Waals surface area contributed by atoms with Crippen LogP contribution in [0, 0.1) is 5.41 Å². The first kappa shape index (κ1) is 20.8. The summed E-state index contributed by atoms with van der Waals surface area (Å²) in [5.74, 6) is 1.73. The van der Waals surface area contributed by atoms with Crippen LogP contribution in [0.4, 0.5) is 0 Å². The summed E-state index contributed by atoms with van der Waals surface area (Å²) in [6, 6.07) is 8.86. The van der Waals surface area contributed by atoms with Crippen LogP contribution >= 0.6 is 0 Å². The summed E-state index contributed by atoms with van der Waals surface area (Å²) in [6.07, 6.45) is 2.14. The summed E-state index contributed by atoms with van der Waals surface area (Å²) < 4.78 is 6.02. The predicted molar refractivity (Wildman–Crippen MR) is 108 cm³/mol. The average molecular weight is 361 g/mol. The van der Waals surface area contributed by atoms with E-state index in [2.05, 4.69) is 50.4 Å². The van der Waals surface area contributed by atoms with Crippen LogP contribution in [0.1, 0.15) is 65.9 Å². The molecule has 1 aliphatic rings. The largest absolute Gasteiger partial charge is 0.489 e. The molecule has 1 aromatic carbocycles. The monoisotopic (exact) mass is 360 g/mol. The van der Waals surface area contributed by atoms with E-state index in [1.54, 1.807) is 0 Å². The first-order valence-corrected chi connectivity index (χ1v) is 9.96. The van der Waals surface area contributed by atoms with Crippen LogP contribution in [0.5, 0.6) is 5.75 Å². The van der Waals surface area contributed by atoms with Gasteiger partial charge in [0.25, 0.3) is 0 Å². The van der Waals surface area contributed by atoms with E-state index < -0.39 is 0 Å². The van der Waals surface area contributed by atoms with Crippen molar-refractivity contribution in [3.63, 3.8) is 0 Å². The lowest BCUT2D eigenvalue weighted by molar-refractivity contribution is -0.140. The van der Waals surface area contributed by atoms with Gasteiger partial charge in [0.05, 0.1) is 0 Å². The number of rotatable bonds is 6. The van der Waals surface area contributed by atoms with Crippen LogP contribution in [0.3, 0.4) is 0 Å². The zero-order chi connectivity index (χ0) is 19.3.